The molecule has 104 valence electrons. The summed E-state index contributed by atoms with van der Waals surface area (Å²) in [6.45, 7) is 1.51. The second-order valence-electron chi connectivity index (χ2n) is 4.99. The van der Waals surface area contributed by atoms with Gasteiger partial charge in [-0.2, -0.15) is 0 Å². The zero-order valence-electron chi connectivity index (χ0n) is 10.9. The number of benzene rings is 1. The van der Waals surface area contributed by atoms with Crippen molar-refractivity contribution in [1.29, 1.82) is 0 Å². The van der Waals surface area contributed by atoms with Crippen LogP contribution in [-0.4, -0.2) is 41.8 Å². The Kier molecular flexibility index (Phi) is 4.80. The third kappa shape index (κ3) is 4.20. The minimum atomic E-state index is -0.861. The van der Waals surface area contributed by atoms with Crippen LogP contribution in [0.1, 0.15) is 18.4 Å². The highest BCUT2D eigenvalue weighted by Gasteiger charge is 2.30. The summed E-state index contributed by atoms with van der Waals surface area (Å²) in [6, 6.07) is 7.74. The Labute approximate surface area is 117 Å². The number of aliphatic carboxylic acids is 1. The molecule has 0 radical (unpaired) electrons. The molecule has 2 atom stereocenters. The fourth-order valence-corrected chi connectivity index (χ4v) is 2.59. The molecule has 1 aliphatic rings. The van der Waals surface area contributed by atoms with Crippen molar-refractivity contribution in [3.63, 3.8) is 0 Å². The highest BCUT2D eigenvalue weighted by atomic mass is 35.5. The summed E-state index contributed by atoms with van der Waals surface area (Å²) in [7, 11) is 2.00. The number of carboxylic acid groups (broad SMARTS) is 1. The monoisotopic (exact) mass is 283 g/mol. The molecule has 0 spiro atoms. The lowest BCUT2D eigenvalue weighted by Crippen LogP contribution is -2.30. The molecule has 4 nitrogen and oxygen atoms in total. The maximum atomic E-state index is 10.8. The Balaban J connectivity index is 1.82. The van der Waals surface area contributed by atoms with Gasteiger partial charge in [-0.25, -0.2) is 4.79 Å². The van der Waals surface area contributed by atoms with Gasteiger partial charge in [0.15, 0.2) is 6.10 Å². The predicted octanol–water partition coefficient (Wildman–Crippen LogP) is 2.40. The lowest BCUT2D eigenvalue weighted by molar-refractivity contribution is -0.149. The van der Waals surface area contributed by atoms with Crippen molar-refractivity contribution >= 4 is 17.6 Å². The molecule has 0 bridgehead atoms. The van der Waals surface area contributed by atoms with E-state index in [1.807, 2.05) is 31.3 Å². The Morgan fingerprint density at radius 2 is 2.32 bits per heavy atom. The fourth-order valence-electron chi connectivity index (χ4n) is 2.38. The second-order valence-corrected chi connectivity index (χ2v) is 5.43. The summed E-state index contributed by atoms with van der Waals surface area (Å²) in [5.74, 6) is -0.861. The molecule has 1 aromatic rings. The van der Waals surface area contributed by atoms with Crippen molar-refractivity contribution in [3.8, 4) is 0 Å². The van der Waals surface area contributed by atoms with E-state index in [0.717, 1.165) is 30.1 Å². The van der Waals surface area contributed by atoms with Crippen molar-refractivity contribution in [3.05, 3.63) is 34.9 Å². The highest BCUT2D eigenvalue weighted by Crippen LogP contribution is 2.21. The number of ether oxygens (including phenoxy) is 1. The molecule has 0 saturated carbocycles. The van der Waals surface area contributed by atoms with Gasteiger partial charge < -0.3 is 9.84 Å². The van der Waals surface area contributed by atoms with Crippen LogP contribution in [0, 0.1) is 0 Å². The van der Waals surface area contributed by atoms with Gasteiger partial charge in [0.2, 0.25) is 0 Å². The van der Waals surface area contributed by atoms with Crippen LogP contribution in [0.5, 0.6) is 0 Å². The first kappa shape index (κ1) is 14.3. The molecule has 0 amide bonds. The number of halogens is 1. The zero-order chi connectivity index (χ0) is 13.8. The quantitative estimate of drug-likeness (QED) is 0.901. The number of likely N-dealkylation sites (N-methyl/N-ethyl adjacent to an activating group) is 1. The van der Waals surface area contributed by atoms with E-state index in [1.54, 1.807) is 0 Å². The summed E-state index contributed by atoms with van der Waals surface area (Å²) in [5, 5.41) is 9.61. The topological polar surface area (TPSA) is 49.8 Å². The smallest absolute Gasteiger partial charge is 0.332 e. The molecule has 1 aromatic carbocycles. The zero-order valence-corrected chi connectivity index (χ0v) is 11.6. The molecule has 1 heterocycles. The standard InChI is InChI=1S/C14H18ClNO3/c1-16(8-10-3-2-4-11(15)7-10)9-12-5-6-13(19-12)14(17)18/h2-4,7,12-13H,5-6,8-9H2,1H3,(H,17,18). The average Bonchev–Trinajstić information content (AvgIpc) is 2.77. The Hall–Kier alpha value is -1.10. The molecule has 19 heavy (non-hydrogen) atoms. The maximum Gasteiger partial charge on any atom is 0.332 e. The number of nitrogens with zero attached hydrogens (tertiary/aromatic N) is 1. The largest absolute Gasteiger partial charge is 0.479 e. The SMILES string of the molecule is CN(Cc1cccc(Cl)c1)CC1CCC(C(=O)O)O1. The molecule has 1 fully saturated rings. The Morgan fingerprint density at radius 3 is 2.95 bits per heavy atom. The van der Waals surface area contributed by atoms with Gasteiger partial charge in [0, 0.05) is 18.1 Å². The van der Waals surface area contributed by atoms with Gasteiger partial charge in [-0.05, 0) is 37.6 Å². The number of carboxylic acids is 1. The van der Waals surface area contributed by atoms with Crippen LogP contribution in [0.2, 0.25) is 5.02 Å². The molecular weight excluding hydrogens is 266 g/mol. The van der Waals surface area contributed by atoms with Crippen LogP contribution in [0.15, 0.2) is 24.3 Å². The summed E-state index contributed by atoms with van der Waals surface area (Å²) in [4.78, 5) is 12.9. The summed E-state index contributed by atoms with van der Waals surface area (Å²) in [5.41, 5.74) is 1.14. The first-order valence-corrected chi connectivity index (χ1v) is 6.73. The molecule has 1 N–H and O–H groups in total. The highest BCUT2D eigenvalue weighted by molar-refractivity contribution is 6.30. The molecule has 1 saturated heterocycles. The molecular formula is C14H18ClNO3. The number of hydrogen-bond donors (Lipinski definition) is 1. The van der Waals surface area contributed by atoms with E-state index in [1.165, 1.54) is 0 Å². The summed E-state index contributed by atoms with van der Waals surface area (Å²) < 4.78 is 5.49. The van der Waals surface area contributed by atoms with Crippen LogP contribution >= 0.6 is 11.6 Å². The molecule has 1 aliphatic heterocycles. The average molecular weight is 284 g/mol. The van der Waals surface area contributed by atoms with Crippen LogP contribution < -0.4 is 0 Å². The lowest BCUT2D eigenvalue weighted by Gasteiger charge is -2.21. The van der Waals surface area contributed by atoms with Gasteiger partial charge in [0.05, 0.1) is 6.10 Å². The Morgan fingerprint density at radius 1 is 1.53 bits per heavy atom. The van der Waals surface area contributed by atoms with Crippen LogP contribution in [0.4, 0.5) is 0 Å². The van der Waals surface area contributed by atoms with E-state index < -0.39 is 12.1 Å². The van der Waals surface area contributed by atoms with Gasteiger partial charge in [-0.15, -0.1) is 0 Å². The van der Waals surface area contributed by atoms with E-state index in [-0.39, 0.29) is 6.10 Å². The third-order valence-electron chi connectivity index (χ3n) is 3.24. The first-order valence-electron chi connectivity index (χ1n) is 6.36. The third-order valence-corrected chi connectivity index (χ3v) is 3.47. The molecule has 0 aromatic heterocycles. The van der Waals surface area contributed by atoms with Crippen LogP contribution in [0.25, 0.3) is 0 Å². The lowest BCUT2D eigenvalue weighted by atomic mass is 10.1. The molecule has 0 aliphatic carbocycles. The van der Waals surface area contributed by atoms with Crippen LogP contribution in [0.3, 0.4) is 0 Å². The minimum absolute atomic E-state index is 0.00489. The normalized spacial score (nSPS) is 22.9. The second kappa shape index (κ2) is 6.37. The first-order chi connectivity index (χ1) is 9.04. The van der Waals surface area contributed by atoms with Crippen LogP contribution in [-0.2, 0) is 16.1 Å². The molecule has 5 heteroatoms. The van der Waals surface area contributed by atoms with Crippen molar-refractivity contribution in [2.75, 3.05) is 13.6 Å². The Bertz CT molecular complexity index is 452. The van der Waals surface area contributed by atoms with Gasteiger partial charge in [-0.3, -0.25) is 4.90 Å². The maximum absolute atomic E-state index is 10.8. The van der Waals surface area contributed by atoms with E-state index >= 15 is 0 Å². The van der Waals surface area contributed by atoms with Crippen molar-refractivity contribution in [1.82, 2.24) is 4.90 Å². The fraction of sp³-hybridized carbons (Fsp3) is 0.500. The molecule has 2 unspecified atom stereocenters. The number of carbonyl (C=O) groups is 1. The van der Waals surface area contributed by atoms with Gasteiger partial charge >= 0.3 is 5.97 Å². The van der Waals surface area contributed by atoms with E-state index in [0.29, 0.717) is 6.42 Å². The number of hydrogen-bond acceptors (Lipinski definition) is 3. The summed E-state index contributed by atoms with van der Waals surface area (Å²) >= 11 is 5.94. The van der Waals surface area contributed by atoms with Gasteiger partial charge in [-0.1, -0.05) is 23.7 Å². The van der Waals surface area contributed by atoms with E-state index in [2.05, 4.69) is 4.90 Å². The van der Waals surface area contributed by atoms with Crippen molar-refractivity contribution in [2.24, 2.45) is 0 Å². The van der Waals surface area contributed by atoms with Crippen molar-refractivity contribution < 1.29 is 14.6 Å². The van der Waals surface area contributed by atoms with Gasteiger partial charge in [0.1, 0.15) is 0 Å². The number of rotatable bonds is 5. The van der Waals surface area contributed by atoms with E-state index in [4.69, 9.17) is 21.4 Å². The predicted molar refractivity (Wildman–Crippen MR) is 73.3 cm³/mol. The summed E-state index contributed by atoms with van der Waals surface area (Å²) in [6.07, 6.45) is 0.775. The molecule has 2 rings (SSSR count). The van der Waals surface area contributed by atoms with E-state index in [9.17, 15) is 4.79 Å². The van der Waals surface area contributed by atoms with Crippen molar-refractivity contribution in [2.45, 2.75) is 31.6 Å². The minimum Gasteiger partial charge on any atom is -0.479 e. The van der Waals surface area contributed by atoms with Gasteiger partial charge in [0.25, 0.3) is 0 Å².